The Labute approximate surface area is 193 Å². The summed E-state index contributed by atoms with van der Waals surface area (Å²) in [6, 6.07) is 15.7. The summed E-state index contributed by atoms with van der Waals surface area (Å²) in [4.78, 5) is 17.2. The molecule has 2 aromatic rings. The van der Waals surface area contributed by atoms with Gasteiger partial charge in [0, 0.05) is 61.8 Å². The van der Waals surface area contributed by atoms with Crippen LogP contribution in [0.25, 0.3) is 0 Å². The van der Waals surface area contributed by atoms with Crippen LogP contribution in [-0.4, -0.2) is 72.9 Å². The Morgan fingerprint density at radius 2 is 1.62 bits per heavy atom. The van der Waals surface area contributed by atoms with Crippen molar-refractivity contribution in [3.8, 4) is 5.75 Å². The molecule has 5 rings (SSSR count). The highest BCUT2D eigenvalue weighted by atomic mass is 32.2. The Kier molecular flexibility index (Phi) is 6.31. The number of nitrogens with zero attached hydrogens (tertiary/aromatic N) is 2. The van der Waals surface area contributed by atoms with Crippen LogP contribution >= 0.6 is 11.8 Å². The van der Waals surface area contributed by atoms with E-state index < -0.39 is 5.60 Å². The highest BCUT2D eigenvalue weighted by Crippen LogP contribution is 2.30. The number of likely N-dealkylation sites (tertiary alicyclic amines) is 1. The van der Waals surface area contributed by atoms with E-state index in [2.05, 4.69) is 29.2 Å². The van der Waals surface area contributed by atoms with Gasteiger partial charge in [-0.15, -0.1) is 0 Å². The average Bonchev–Trinajstić information content (AvgIpc) is 2.84. The molecule has 3 saturated heterocycles. The fourth-order valence-electron chi connectivity index (χ4n) is 4.49. The van der Waals surface area contributed by atoms with Crippen LogP contribution in [0.2, 0.25) is 0 Å². The standard InChI is InChI=1S/C25H30N2O4S/c28-24(19-1-3-20(4-2-19)25(29)17-30-18-25)27-11-9-23(10-12-27)31-22-7-5-21(6-8-22)26-13-15-32-16-14-26/h1-8,23,29H,9-18H2. The number of amides is 1. The van der Waals surface area contributed by atoms with Gasteiger partial charge in [0.2, 0.25) is 0 Å². The van der Waals surface area contributed by atoms with Gasteiger partial charge in [-0.2, -0.15) is 11.8 Å². The topological polar surface area (TPSA) is 62.2 Å². The van der Waals surface area contributed by atoms with E-state index in [1.165, 1.54) is 17.2 Å². The molecular formula is C25H30N2O4S. The van der Waals surface area contributed by atoms with Crippen molar-refractivity contribution in [2.24, 2.45) is 0 Å². The number of hydrogen-bond acceptors (Lipinski definition) is 6. The minimum absolute atomic E-state index is 0.0379. The second kappa shape index (κ2) is 9.33. The molecule has 0 aliphatic carbocycles. The Morgan fingerprint density at radius 3 is 2.22 bits per heavy atom. The van der Waals surface area contributed by atoms with Gasteiger partial charge in [-0.3, -0.25) is 4.79 Å². The molecule has 2 aromatic carbocycles. The van der Waals surface area contributed by atoms with E-state index in [-0.39, 0.29) is 12.0 Å². The van der Waals surface area contributed by atoms with Crippen LogP contribution in [0, 0.1) is 0 Å². The molecule has 6 nitrogen and oxygen atoms in total. The lowest BCUT2D eigenvalue weighted by Gasteiger charge is -2.37. The first-order valence-electron chi connectivity index (χ1n) is 11.4. The molecule has 0 atom stereocenters. The number of hydrogen-bond donors (Lipinski definition) is 1. The number of carbonyl (C=O) groups excluding carboxylic acids is 1. The van der Waals surface area contributed by atoms with Gasteiger partial charge in [-0.25, -0.2) is 0 Å². The molecule has 1 N–H and O–H groups in total. The molecule has 170 valence electrons. The largest absolute Gasteiger partial charge is 0.490 e. The highest BCUT2D eigenvalue weighted by Gasteiger charge is 2.38. The Morgan fingerprint density at radius 1 is 0.969 bits per heavy atom. The Balaban J connectivity index is 1.12. The van der Waals surface area contributed by atoms with Crippen molar-refractivity contribution in [2.75, 3.05) is 55.8 Å². The minimum Gasteiger partial charge on any atom is -0.490 e. The van der Waals surface area contributed by atoms with Crippen molar-refractivity contribution in [2.45, 2.75) is 24.5 Å². The zero-order chi connectivity index (χ0) is 22.0. The summed E-state index contributed by atoms with van der Waals surface area (Å²) >= 11 is 2.02. The van der Waals surface area contributed by atoms with E-state index in [0.29, 0.717) is 31.9 Å². The van der Waals surface area contributed by atoms with Gasteiger partial charge in [0.15, 0.2) is 0 Å². The van der Waals surface area contributed by atoms with Crippen molar-refractivity contribution < 1.29 is 19.4 Å². The summed E-state index contributed by atoms with van der Waals surface area (Å²) < 4.78 is 11.3. The summed E-state index contributed by atoms with van der Waals surface area (Å²) in [6.07, 6.45) is 1.78. The molecule has 0 bridgehead atoms. The van der Waals surface area contributed by atoms with Gasteiger partial charge in [-0.05, 0) is 42.0 Å². The van der Waals surface area contributed by atoms with Crippen LogP contribution in [-0.2, 0) is 10.3 Å². The number of aliphatic hydroxyl groups is 1. The molecule has 7 heteroatoms. The van der Waals surface area contributed by atoms with E-state index in [4.69, 9.17) is 9.47 Å². The van der Waals surface area contributed by atoms with E-state index in [0.717, 1.165) is 37.2 Å². The molecule has 0 spiro atoms. The number of thioether (sulfide) groups is 1. The minimum atomic E-state index is -0.900. The third kappa shape index (κ3) is 4.60. The third-order valence-corrected chi connectivity index (χ3v) is 7.54. The smallest absolute Gasteiger partial charge is 0.253 e. The maximum absolute atomic E-state index is 12.9. The molecule has 1 amide bonds. The second-order valence-electron chi connectivity index (χ2n) is 8.80. The average molecular weight is 455 g/mol. The summed E-state index contributed by atoms with van der Waals surface area (Å²) in [7, 11) is 0. The number of benzene rings is 2. The first kappa shape index (κ1) is 21.6. The first-order valence-corrected chi connectivity index (χ1v) is 12.6. The van der Waals surface area contributed by atoms with Gasteiger partial charge < -0.3 is 24.4 Å². The van der Waals surface area contributed by atoms with Crippen molar-refractivity contribution >= 4 is 23.4 Å². The van der Waals surface area contributed by atoms with Crippen LogP contribution in [0.4, 0.5) is 5.69 Å². The van der Waals surface area contributed by atoms with Gasteiger partial charge in [0.25, 0.3) is 5.91 Å². The van der Waals surface area contributed by atoms with Crippen molar-refractivity contribution in [3.63, 3.8) is 0 Å². The number of carbonyl (C=O) groups is 1. The van der Waals surface area contributed by atoms with Gasteiger partial charge in [0.05, 0.1) is 13.2 Å². The molecule has 3 aliphatic heterocycles. The monoisotopic (exact) mass is 454 g/mol. The van der Waals surface area contributed by atoms with Gasteiger partial charge in [-0.1, -0.05) is 12.1 Å². The van der Waals surface area contributed by atoms with Crippen LogP contribution < -0.4 is 9.64 Å². The number of piperidine rings is 1. The normalized spacial score (nSPS) is 21.2. The zero-order valence-electron chi connectivity index (χ0n) is 18.2. The molecule has 0 radical (unpaired) electrons. The third-order valence-electron chi connectivity index (χ3n) is 6.60. The lowest BCUT2D eigenvalue weighted by atomic mass is 9.91. The van der Waals surface area contributed by atoms with E-state index in [1.54, 1.807) is 12.1 Å². The molecule has 3 fully saturated rings. The molecule has 3 heterocycles. The van der Waals surface area contributed by atoms with E-state index in [1.807, 2.05) is 28.8 Å². The predicted octanol–water partition coefficient (Wildman–Crippen LogP) is 3.14. The van der Waals surface area contributed by atoms with Gasteiger partial charge in [0.1, 0.15) is 17.5 Å². The fraction of sp³-hybridized carbons (Fsp3) is 0.480. The maximum Gasteiger partial charge on any atom is 0.253 e. The predicted molar refractivity (Wildman–Crippen MR) is 127 cm³/mol. The fourth-order valence-corrected chi connectivity index (χ4v) is 5.40. The molecule has 3 aliphatic rings. The van der Waals surface area contributed by atoms with Gasteiger partial charge >= 0.3 is 0 Å². The van der Waals surface area contributed by atoms with Crippen molar-refractivity contribution in [1.82, 2.24) is 4.90 Å². The molecule has 32 heavy (non-hydrogen) atoms. The van der Waals surface area contributed by atoms with E-state index in [9.17, 15) is 9.90 Å². The van der Waals surface area contributed by atoms with Crippen molar-refractivity contribution in [3.05, 3.63) is 59.7 Å². The summed E-state index contributed by atoms with van der Waals surface area (Å²) in [6.45, 7) is 4.21. The van der Waals surface area contributed by atoms with Crippen LogP contribution in [0.3, 0.4) is 0 Å². The SMILES string of the molecule is O=C(c1ccc(C2(O)COC2)cc1)N1CCC(Oc2ccc(N3CCSCC3)cc2)CC1. The lowest BCUT2D eigenvalue weighted by Crippen LogP contribution is -2.46. The molecule has 0 aromatic heterocycles. The highest BCUT2D eigenvalue weighted by molar-refractivity contribution is 7.99. The molecule has 0 unspecified atom stereocenters. The van der Waals surface area contributed by atoms with Crippen LogP contribution in [0.15, 0.2) is 48.5 Å². The van der Waals surface area contributed by atoms with Crippen LogP contribution in [0.1, 0.15) is 28.8 Å². The van der Waals surface area contributed by atoms with Crippen molar-refractivity contribution in [1.29, 1.82) is 0 Å². The number of ether oxygens (including phenoxy) is 2. The quantitative estimate of drug-likeness (QED) is 0.749. The Hall–Kier alpha value is -2.22. The van der Waals surface area contributed by atoms with E-state index >= 15 is 0 Å². The lowest BCUT2D eigenvalue weighted by molar-refractivity contribution is -0.184. The summed E-state index contributed by atoms with van der Waals surface area (Å²) in [5.74, 6) is 3.32. The number of anilines is 1. The van der Waals surface area contributed by atoms with Crippen LogP contribution in [0.5, 0.6) is 5.75 Å². The second-order valence-corrected chi connectivity index (χ2v) is 10.0. The zero-order valence-corrected chi connectivity index (χ0v) is 19.1. The summed E-state index contributed by atoms with van der Waals surface area (Å²) in [5.41, 5.74) is 1.82. The molecule has 0 saturated carbocycles. The molecular weight excluding hydrogens is 424 g/mol. The Bertz CT molecular complexity index is 916. The number of rotatable bonds is 5. The first-order chi connectivity index (χ1) is 15.6. The summed E-state index contributed by atoms with van der Waals surface area (Å²) in [5, 5.41) is 10.4. The maximum atomic E-state index is 12.9.